The highest BCUT2D eigenvalue weighted by Crippen LogP contribution is 2.19. The van der Waals surface area contributed by atoms with Gasteiger partial charge in [0.15, 0.2) is 0 Å². The van der Waals surface area contributed by atoms with Crippen LogP contribution in [0.3, 0.4) is 0 Å². The molecule has 0 aliphatic heterocycles. The zero-order valence-corrected chi connectivity index (χ0v) is 20.0. The zero-order valence-electron chi connectivity index (χ0n) is 19.2. The first kappa shape index (κ1) is 26.9. The Morgan fingerprint density at radius 1 is 1.03 bits per heavy atom. The van der Waals surface area contributed by atoms with Crippen LogP contribution in [0.1, 0.15) is 36.8 Å². The molecular weight excluding hydrogens is 452 g/mol. The van der Waals surface area contributed by atoms with E-state index in [4.69, 9.17) is 16.3 Å². The number of anilines is 1. The number of benzene rings is 2. The van der Waals surface area contributed by atoms with E-state index in [0.717, 1.165) is 11.1 Å². The lowest BCUT2D eigenvalue weighted by molar-refractivity contribution is -0.143. The lowest BCUT2D eigenvalue weighted by atomic mass is 9.99. The van der Waals surface area contributed by atoms with Gasteiger partial charge >= 0.3 is 5.97 Å². The molecular formula is C27H31ClN2O4. The Morgan fingerprint density at radius 3 is 2.47 bits per heavy atom. The van der Waals surface area contributed by atoms with Gasteiger partial charge in [0.1, 0.15) is 0 Å². The molecule has 0 bridgehead atoms. The maximum Gasteiger partial charge on any atom is 0.306 e. The Hall–Kier alpha value is -3.38. The van der Waals surface area contributed by atoms with Crippen molar-refractivity contribution in [2.75, 3.05) is 11.9 Å². The Kier molecular flexibility index (Phi) is 11.6. The second-order valence-corrected chi connectivity index (χ2v) is 8.21. The third-order valence-corrected chi connectivity index (χ3v) is 5.37. The second-order valence-electron chi connectivity index (χ2n) is 7.77. The van der Waals surface area contributed by atoms with Crippen molar-refractivity contribution in [3.63, 3.8) is 0 Å². The first-order valence-corrected chi connectivity index (χ1v) is 11.6. The summed E-state index contributed by atoms with van der Waals surface area (Å²) >= 11 is 5.88. The van der Waals surface area contributed by atoms with Gasteiger partial charge in [-0.05, 0) is 42.2 Å². The molecule has 2 amide bonds. The zero-order chi connectivity index (χ0) is 24.8. The summed E-state index contributed by atoms with van der Waals surface area (Å²) < 4.78 is 5.24. The van der Waals surface area contributed by atoms with Crippen LogP contribution in [0.25, 0.3) is 0 Å². The molecule has 0 aliphatic rings. The smallest absolute Gasteiger partial charge is 0.306 e. The Morgan fingerprint density at radius 2 is 1.76 bits per heavy atom. The lowest BCUT2D eigenvalue weighted by Gasteiger charge is -2.17. The van der Waals surface area contributed by atoms with E-state index in [1.54, 1.807) is 30.4 Å². The molecule has 2 aromatic rings. The van der Waals surface area contributed by atoms with E-state index in [0.29, 0.717) is 42.9 Å². The van der Waals surface area contributed by atoms with E-state index in [2.05, 4.69) is 23.8 Å². The molecule has 6 nitrogen and oxygen atoms in total. The number of esters is 1. The number of hydrogen-bond donors (Lipinski definition) is 2. The van der Waals surface area contributed by atoms with Gasteiger partial charge in [-0.15, -0.1) is 13.2 Å². The third kappa shape index (κ3) is 9.63. The van der Waals surface area contributed by atoms with E-state index in [-0.39, 0.29) is 30.8 Å². The van der Waals surface area contributed by atoms with Crippen LogP contribution < -0.4 is 10.6 Å². The summed E-state index contributed by atoms with van der Waals surface area (Å²) in [6, 6.07) is 14.5. The Balaban J connectivity index is 1.92. The quantitative estimate of drug-likeness (QED) is 0.285. The second kappa shape index (κ2) is 14.7. The summed E-state index contributed by atoms with van der Waals surface area (Å²) in [7, 11) is 0. The van der Waals surface area contributed by atoms with Crippen molar-refractivity contribution in [1.82, 2.24) is 5.32 Å². The molecule has 0 unspecified atom stereocenters. The van der Waals surface area contributed by atoms with Crippen molar-refractivity contribution < 1.29 is 19.1 Å². The highest BCUT2D eigenvalue weighted by Gasteiger charge is 2.21. The molecule has 2 rings (SSSR count). The summed E-state index contributed by atoms with van der Waals surface area (Å²) in [6.07, 6.45) is 5.03. The minimum atomic E-state index is -0.562. The molecule has 0 saturated heterocycles. The predicted octanol–water partition coefficient (Wildman–Crippen LogP) is 5.23. The van der Waals surface area contributed by atoms with Gasteiger partial charge in [-0.1, -0.05) is 54.1 Å². The highest BCUT2D eigenvalue weighted by molar-refractivity contribution is 6.30. The number of para-hydroxylation sites is 1. The minimum absolute atomic E-state index is 0.0362. The molecule has 0 saturated carbocycles. The summed E-state index contributed by atoms with van der Waals surface area (Å²) in [5.74, 6) is -1.33. The average Bonchev–Trinajstić information content (AvgIpc) is 2.83. The molecule has 180 valence electrons. The summed E-state index contributed by atoms with van der Waals surface area (Å²) in [5.41, 5.74) is 2.39. The highest BCUT2D eigenvalue weighted by atomic mass is 35.5. The molecule has 7 heteroatoms. The molecule has 0 aliphatic carbocycles. The van der Waals surface area contributed by atoms with Crippen molar-refractivity contribution in [1.29, 1.82) is 0 Å². The normalized spacial score (nSPS) is 11.2. The van der Waals surface area contributed by atoms with Gasteiger partial charge in [0.05, 0.1) is 12.5 Å². The van der Waals surface area contributed by atoms with Crippen LogP contribution >= 0.6 is 11.6 Å². The Labute approximate surface area is 206 Å². The number of allylic oxidation sites excluding steroid dienone is 2. The number of hydrogen-bond acceptors (Lipinski definition) is 4. The number of nitrogens with one attached hydrogen (secondary N) is 2. The molecule has 2 aromatic carbocycles. The minimum Gasteiger partial charge on any atom is -0.465 e. The van der Waals surface area contributed by atoms with Crippen LogP contribution in [0.5, 0.6) is 0 Å². The maximum absolute atomic E-state index is 13.0. The summed E-state index contributed by atoms with van der Waals surface area (Å²) in [4.78, 5) is 37.1. The Bertz CT molecular complexity index is 988. The number of ether oxygens (including phenoxy) is 1. The molecule has 0 heterocycles. The summed E-state index contributed by atoms with van der Waals surface area (Å²) in [5, 5.41) is 6.39. The predicted molar refractivity (Wildman–Crippen MR) is 135 cm³/mol. The fourth-order valence-corrected chi connectivity index (χ4v) is 3.37. The van der Waals surface area contributed by atoms with Crippen molar-refractivity contribution in [3.8, 4) is 0 Å². The van der Waals surface area contributed by atoms with E-state index >= 15 is 0 Å². The van der Waals surface area contributed by atoms with Crippen LogP contribution in [-0.4, -0.2) is 24.4 Å². The van der Waals surface area contributed by atoms with Crippen molar-refractivity contribution >= 4 is 35.1 Å². The molecule has 0 radical (unpaired) electrons. The first-order chi connectivity index (χ1) is 16.4. The van der Waals surface area contributed by atoms with E-state index in [1.807, 2.05) is 30.3 Å². The molecule has 2 N–H and O–H groups in total. The molecule has 34 heavy (non-hydrogen) atoms. The average molecular weight is 483 g/mol. The van der Waals surface area contributed by atoms with Crippen LogP contribution in [0.15, 0.2) is 73.8 Å². The van der Waals surface area contributed by atoms with Crippen LogP contribution in [0.2, 0.25) is 5.02 Å². The summed E-state index contributed by atoms with van der Waals surface area (Å²) in [6.45, 7) is 7.87. The topological polar surface area (TPSA) is 84.5 Å². The van der Waals surface area contributed by atoms with Crippen molar-refractivity contribution in [3.05, 3.63) is 90.0 Å². The van der Waals surface area contributed by atoms with Gasteiger partial charge in [-0.25, -0.2) is 0 Å². The van der Waals surface area contributed by atoms with Gasteiger partial charge < -0.3 is 15.4 Å². The van der Waals surface area contributed by atoms with Crippen molar-refractivity contribution in [2.45, 2.75) is 38.6 Å². The maximum atomic E-state index is 13.0. The standard InChI is InChI=1S/C27H31ClN2O4/c1-3-5-11-26(32)34-17-16-21-9-6-7-10-24(21)30-27(33)22(8-4-2)18-25(31)29-19-20-12-14-23(28)15-13-20/h3-4,6-7,9-10,12-15,22H,1-2,5,8,11,16-19H2,(H,29,31)(H,30,33)/t22-/m0/s1. The monoisotopic (exact) mass is 482 g/mol. The van der Waals surface area contributed by atoms with E-state index in [1.165, 1.54) is 0 Å². The van der Waals surface area contributed by atoms with Gasteiger partial charge in [-0.3, -0.25) is 14.4 Å². The number of amides is 2. The van der Waals surface area contributed by atoms with Gasteiger partial charge in [-0.2, -0.15) is 0 Å². The largest absolute Gasteiger partial charge is 0.465 e. The number of rotatable bonds is 14. The van der Waals surface area contributed by atoms with Crippen LogP contribution in [0.4, 0.5) is 5.69 Å². The molecule has 0 fully saturated rings. The van der Waals surface area contributed by atoms with Gasteiger partial charge in [0.25, 0.3) is 0 Å². The first-order valence-electron chi connectivity index (χ1n) is 11.2. The number of carbonyl (C=O) groups is 3. The van der Waals surface area contributed by atoms with Crippen LogP contribution in [0, 0.1) is 5.92 Å². The molecule has 0 spiro atoms. The van der Waals surface area contributed by atoms with Crippen molar-refractivity contribution in [2.24, 2.45) is 5.92 Å². The number of carbonyl (C=O) groups excluding carboxylic acids is 3. The lowest BCUT2D eigenvalue weighted by Crippen LogP contribution is -2.31. The fraction of sp³-hybridized carbons (Fsp3) is 0.296. The molecule has 1 atom stereocenters. The SMILES string of the molecule is C=CCCC(=O)OCCc1ccccc1NC(=O)[C@@H](CC=C)CC(=O)NCc1ccc(Cl)cc1. The van der Waals surface area contributed by atoms with E-state index in [9.17, 15) is 14.4 Å². The third-order valence-electron chi connectivity index (χ3n) is 5.12. The van der Waals surface area contributed by atoms with Crippen LogP contribution in [-0.2, 0) is 32.1 Å². The molecule has 0 aromatic heterocycles. The van der Waals surface area contributed by atoms with Gasteiger partial charge in [0, 0.05) is 36.5 Å². The van der Waals surface area contributed by atoms with Gasteiger partial charge in [0.2, 0.25) is 11.8 Å². The number of halogens is 1. The van der Waals surface area contributed by atoms with E-state index < -0.39 is 5.92 Å². The fourth-order valence-electron chi connectivity index (χ4n) is 3.25.